The quantitative estimate of drug-likeness (QED) is 0.794. The minimum atomic E-state index is 0.290. The minimum absolute atomic E-state index is 0.290. The van der Waals surface area contributed by atoms with Crippen molar-refractivity contribution in [3.05, 3.63) is 0 Å². The molecule has 22 heavy (non-hydrogen) atoms. The fourth-order valence-electron chi connectivity index (χ4n) is 6.36. The Morgan fingerprint density at radius 2 is 1.95 bits per heavy atom. The molecule has 0 N–H and O–H groups in total. The Morgan fingerprint density at radius 3 is 2.55 bits per heavy atom. The van der Waals surface area contributed by atoms with Gasteiger partial charge >= 0.3 is 0 Å². The molecule has 124 valence electrons. The van der Waals surface area contributed by atoms with Gasteiger partial charge in [-0.2, -0.15) is 0 Å². The van der Waals surface area contributed by atoms with E-state index in [9.17, 15) is 4.79 Å². The summed E-state index contributed by atoms with van der Waals surface area (Å²) in [6, 6.07) is 0.443. The summed E-state index contributed by atoms with van der Waals surface area (Å²) in [7, 11) is 2.08. The van der Waals surface area contributed by atoms with Crippen LogP contribution < -0.4 is 0 Å². The summed E-state index contributed by atoms with van der Waals surface area (Å²) in [5.41, 5.74) is 0.290. The van der Waals surface area contributed by atoms with Crippen molar-refractivity contribution in [2.24, 2.45) is 23.2 Å². The van der Waals surface area contributed by atoms with Crippen LogP contribution in [0.15, 0.2) is 0 Å². The molecule has 0 aliphatic heterocycles. The standard InChI is InChI=1S/C19H31NO2/c1-3-22-17-12-16(19(17)8-4-5-9-19)20(2)18(21)15-11-13-6-7-14(15)10-13/h13-17H,3-12H2,1-2H3/t13-,14-,15-,16+,17+/m0/s1. The highest BCUT2D eigenvalue weighted by atomic mass is 16.5. The fraction of sp³-hybridized carbons (Fsp3) is 0.947. The number of carbonyl (C=O) groups is 1. The van der Waals surface area contributed by atoms with E-state index < -0.39 is 0 Å². The summed E-state index contributed by atoms with van der Waals surface area (Å²) in [4.78, 5) is 15.2. The molecule has 3 heteroatoms. The van der Waals surface area contributed by atoms with Crippen molar-refractivity contribution in [1.29, 1.82) is 0 Å². The smallest absolute Gasteiger partial charge is 0.225 e. The molecule has 3 nitrogen and oxygen atoms in total. The number of rotatable bonds is 4. The van der Waals surface area contributed by atoms with Gasteiger partial charge in [0, 0.05) is 31.0 Å². The number of hydrogen-bond acceptors (Lipinski definition) is 2. The molecule has 1 amide bonds. The van der Waals surface area contributed by atoms with Gasteiger partial charge in [-0.05, 0) is 57.3 Å². The lowest BCUT2D eigenvalue weighted by Crippen LogP contribution is -2.64. The molecule has 0 aromatic heterocycles. The van der Waals surface area contributed by atoms with Crippen LogP contribution in [0, 0.1) is 23.2 Å². The third-order valence-corrected chi connectivity index (χ3v) is 7.51. The summed E-state index contributed by atoms with van der Waals surface area (Å²) in [5, 5.41) is 0. The second-order valence-corrected chi connectivity index (χ2v) is 8.37. The van der Waals surface area contributed by atoms with Crippen LogP contribution in [0.5, 0.6) is 0 Å². The number of ether oxygens (including phenoxy) is 1. The van der Waals surface area contributed by atoms with E-state index in [0.717, 1.165) is 18.9 Å². The van der Waals surface area contributed by atoms with Gasteiger partial charge in [0.25, 0.3) is 0 Å². The van der Waals surface area contributed by atoms with Gasteiger partial charge in [0.1, 0.15) is 0 Å². The van der Waals surface area contributed by atoms with E-state index in [1.807, 2.05) is 0 Å². The highest BCUT2D eigenvalue weighted by Crippen LogP contribution is 2.57. The Morgan fingerprint density at radius 1 is 1.18 bits per heavy atom. The maximum absolute atomic E-state index is 13.1. The average molecular weight is 305 g/mol. The average Bonchev–Trinajstić information content (AvgIpc) is 3.25. The van der Waals surface area contributed by atoms with Crippen LogP contribution >= 0.6 is 0 Å². The molecular formula is C19H31NO2. The second-order valence-electron chi connectivity index (χ2n) is 8.37. The molecule has 0 saturated heterocycles. The third-order valence-electron chi connectivity index (χ3n) is 7.51. The second kappa shape index (κ2) is 5.51. The van der Waals surface area contributed by atoms with Crippen LogP contribution in [0.2, 0.25) is 0 Å². The third kappa shape index (κ3) is 2.07. The number of carbonyl (C=O) groups excluding carboxylic acids is 1. The van der Waals surface area contributed by atoms with Crippen LogP contribution in [-0.2, 0) is 9.53 Å². The zero-order chi connectivity index (χ0) is 15.3. The predicted molar refractivity (Wildman–Crippen MR) is 86.4 cm³/mol. The van der Waals surface area contributed by atoms with Crippen molar-refractivity contribution >= 4 is 5.91 Å². The van der Waals surface area contributed by atoms with Crippen molar-refractivity contribution in [2.45, 2.75) is 76.9 Å². The lowest BCUT2D eigenvalue weighted by molar-refractivity contribution is -0.175. The SMILES string of the molecule is CCO[C@@H]1C[C@@H](N(C)C(=O)[C@H]2C[C@H]3CC[C@H]2C3)C12CCCC2. The van der Waals surface area contributed by atoms with Gasteiger partial charge in [0.05, 0.1) is 6.10 Å². The van der Waals surface area contributed by atoms with E-state index in [1.54, 1.807) is 0 Å². The van der Waals surface area contributed by atoms with Crippen molar-refractivity contribution in [3.8, 4) is 0 Å². The zero-order valence-corrected chi connectivity index (χ0v) is 14.2. The lowest BCUT2D eigenvalue weighted by Gasteiger charge is -2.57. The molecule has 0 unspecified atom stereocenters. The molecule has 4 fully saturated rings. The molecule has 0 aromatic rings. The monoisotopic (exact) mass is 305 g/mol. The van der Waals surface area contributed by atoms with Crippen LogP contribution in [-0.4, -0.2) is 36.6 Å². The van der Waals surface area contributed by atoms with E-state index in [0.29, 0.717) is 29.9 Å². The largest absolute Gasteiger partial charge is 0.378 e. The number of fused-ring (bicyclic) bond motifs is 2. The number of nitrogens with zero attached hydrogens (tertiary/aromatic N) is 1. The first-order chi connectivity index (χ1) is 10.7. The number of hydrogen-bond donors (Lipinski definition) is 0. The first-order valence-corrected chi connectivity index (χ1v) is 9.54. The molecule has 0 aromatic carbocycles. The molecule has 0 radical (unpaired) electrons. The summed E-state index contributed by atoms with van der Waals surface area (Å²) in [6.07, 6.45) is 11.8. The highest BCUT2D eigenvalue weighted by Gasteiger charge is 2.59. The van der Waals surface area contributed by atoms with Gasteiger partial charge in [-0.3, -0.25) is 4.79 Å². The van der Waals surface area contributed by atoms with Gasteiger partial charge in [-0.15, -0.1) is 0 Å². The summed E-state index contributed by atoms with van der Waals surface area (Å²) in [5.74, 6) is 2.35. The van der Waals surface area contributed by atoms with Crippen LogP contribution in [0.1, 0.15) is 64.7 Å². The topological polar surface area (TPSA) is 29.5 Å². The van der Waals surface area contributed by atoms with Gasteiger partial charge in [-0.25, -0.2) is 0 Å². The Hall–Kier alpha value is -0.570. The maximum Gasteiger partial charge on any atom is 0.225 e. The fourth-order valence-corrected chi connectivity index (χ4v) is 6.36. The maximum atomic E-state index is 13.1. The zero-order valence-electron chi connectivity index (χ0n) is 14.2. The van der Waals surface area contributed by atoms with Gasteiger partial charge in [-0.1, -0.05) is 19.3 Å². The molecule has 2 bridgehead atoms. The minimum Gasteiger partial charge on any atom is -0.378 e. The first-order valence-electron chi connectivity index (χ1n) is 9.54. The Bertz CT molecular complexity index is 443. The lowest BCUT2D eigenvalue weighted by atomic mass is 9.59. The molecule has 5 atom stereocenters. The molecule has 0 heterocycles. The molecular weight excluding hydrogens is 274 g/mol. The highest BCUT2D eigenvalue weighted by molar-refractivity contribution is 5.80. The predicted octanol–water partition coefficient (Wildman–Crippen LogP) is 3.62. The molecule has 4 rings (SSSR count). The van der Waals surface area contributed by atoms with E-state index in [1.165, 1.54) is 51.4 Å². The Labute approximate surface area is 134 Å². The summed E-state index contributed by atoms with van der Waals surface area (Å²) >= 11 is 0. The van der Waals surface area contributed by atoms with Crippen molar-refractivity contribution < 1.29 is 9.53 Å². The van der Waals surface area contributed by atoms with E-state index in [4.69, 9.17) is 4.74 Å². The number of amides is 1. The van der Waals surface area contributed by atoms with E-state index in [-0.39, 0.29) is 5.41 Å². The van der Waals surface area contributed by atoms with Gasteiger partial charge < -0.3 is 9.64 Å². The van der Waals surface area contributed by atoms with Crippen LogP contribution in [0.3, 0.4) is 0 Å². The first kappa shape index (κ1) is 15.0. The van der Waals surface area contributed by atoms with E-state index >= 15 is 0 Å². The molecule has 4 saturated carbocycles. The summed E-state index contributed by atoms with van der Waals surface area (Å²) < 4.78 is 6.01. The normalized spacial score (nSPS) is 41.8. The molecule has 4 aliphatic carbocycles. The van der Waals surface area contributed by atoms with Crippen molar-refractivity contribution in [2.75, 3.05) is 13.7 Å². The molecule has 1 spiro atoms. The van der Waals surface area contributed by atoms with Crippen molar-refractivity contribution in [1.82, 2.24) is 4.90 Å². The Kier molecular flexibility index (Phi) is 3.75. The van der Waals surface area contributed by atoms with Crippen LogP contribution in [0.25, 0.3) is 0 Å². The van der Waals surface area contributed by atoms with Gasteiger partial charge in [0.2, 0.25) is 5.91 Å². The molecule has 4 aliphatic rings. The van der Waals surface area contributed by atoms with E-state index in [2.05, 4.69) is 18.9 Å². The van der Waals surface area contributed by atoms with Gasteiger partial charge in [0.15, 0.2) is 0 Å². The van der Waals surface area contributed by atoms with Crippen molar-refractivity contribution in [3.63, 3.8) is 0 Å². The van der Waals surface area contributed by atoms with Crippen LogP contribution in [0.4, 0.5) is 0 Å². The summed E-state index contributed by atoms with van der Waals surface area (Å²) in [6.45, 7) is 2.91. The Balaban J connectivity index is 1.46.